The highest BCUT2D eigenvalue weighted by Crippen LogP contribution is 2.30. The third-order valence-corrected chi connectivity index (χ3v) is 4.05. The van der Waals surface area contributed by atoms with Crippen LogP contribution in [0.4, 0.5) is 0 Å². The maximum Gasteiger partial charge on any atom is 0.237 e. The molecule has 0 aromatic heterocycles. The van der Waals surface area contributed by atoms with E-state index in [1.807, 2.05) is 0 Å². The monoisotopic (exact) mass is 253 g/mol. The molecular weight excluding hydrogens is 230 g/mol. The Morgan fingerprint density at radius 2 is 2.00 bits per heavy atom. The highest BCUT2D eigenvalue weighted by atomic mass is 16.2. The van der Waals surface area contributed by atoms with E-state index in [4.69, 9.17) is 5.73 Å². The maximum absolute atomic E-state index is 12.3. The Morgan fingerprint density at radius 3 is 2.50 bits per heavy atom. The first-order valence-corrected chi connectivity index (χ1v) is 6.95. The summed E-state index contributed by atoms with van der Waals surface area (Å²) in [6.07, 6.45) is 6.15. The van der Waals surface area contributed by atoms with Crippen LogP contribution >= 0.6 is 0 Å². The van der Waals surface area contributed by atoms with Crippen molar-refractivity contribution in [2.75, 3.05) is 19.6 Å². The molecule has 1 unspecified atom stereocenters. The second kappa shape index (κ2) is 6.18. The summed E-state index contributed by atoms with van der Waals surface area (Å²) < 4.78 is 0. The number of nitrogens with two attached hydrogens (primary N) is 1. The van der Waals surface area contributed by atoms with Gasteiger partial charge in [0.2, 0.25) is 11.8 Å². The highest BCUT2D eigenvalue weighted by molar-refractivity contribution is 5.84. The molecule has 0 aromatic carbocycles. The van der Waals surface area contributed by atoms with Gasteiger partial charge >= 0.3 is 0 Å². The zero-order valence-electron chi connectivity index (χ0n) is 10.9. The summed E-state index contributed by atoms with van der Waals surface area (Å²) in [5.41, 5.74) is 5.26. The van der Waals surface area contributed by atoms with E-state index in [0.29, 0.717) is 12.3 Å². The van der Waals surface area contributed by atoms with E-state index in [0.717, 1.165) is 38.8 Å². The van der Waals surface area contributed by atoms with E-state index in [1.54, 1.807) is 4.90 Å². The SMILES string of the molecule is NC(=O)CN(C(=O)CC1CCC1)C1CCCNC1. The molecule has 1 aliphatic heterocycles. The first kappa shape index (κ1) is 13.3. The topological polar surface area (TPSA) is 75.4 Å². The van der Waals surface area contributed by atoms with Crippen molar-refractivity contribution in [2.24, 2.45) is 11.7 Å². The fourth-order valence-electron chi connectivity index (χ4n) is 2.75. The largest absolute Gasteiger partial charge is 0.368 e. The second-order valence-electron chi connectivity index (χ2n) is 5.49. The molecule has 5 heteroatoms. The Bertz CT molecular complexity index is 309. The van der Waals surface area contributed by atoms with Crippen molar-refractivity contribution in [1.29, 1.82) is 0 Å². The number of piperidine rings is 1. The summed E-state index contributed by atoms with van der Waals surface area (Å²) >= 11 is 0. The fraction of sp³-hybridized carbons (Fsp3) is 0.846. The van der Waals surface area contributed by atoms with Crippen LogP contribution in [0, 0.1) is 5.92 Å². The lowest BCUT2D eigenvalue weighted by atomic mass is 9.82. The first-order valence-electron chi connectivity index (χ1n) is 6.95. The third-order valence-electron chi connectivity index (χ3n) is 4.05. The van der Waals surface area contributed by atoms with Crippen molar-refractivity contribution in [2.45, 2.75) is 44.6 Å². The number of hydrogen-bond donors (Lipinski definition) is 2. The summed E-state index contributed by atoms with van der Waals surface area (Å²) in [6.45, 7) is 1.85. The lowest BCUT2D eigenvalue weighted by molar-refractivity contribution is -0.139. The summed E-state index contributed by atoms with van der Waals surface area (Å²) in [7, 11) is 0. The summed E-state index contributed by atoms with van der Waals surface area (Å²) in [5.74, 6) is 0.221. The van der Waals surface area contributed by atoms with E-state index < -0.39 is 5.91 Å². The van der Waals surface area contributed by atoms with Gasteiger partial charge in [0.05, 0.1) is 6.54 Å². The Morgan fingerprint density at radius 1 is 1.22 bits per heavy atom. The molecule has 2 rings (SSSR count). The molecule has 3 N–H and O–H groups in total. The van der Waals surface area contributed by atoms with E-state index in [1.165, 1.54) is 6.42 Å². The minimum absolute atomic E-state index is 0.0674. The minimum atomic E-state index is -0.414. The zero-order chi connectivity index (χ0) is 13.0. The van der Waals surface area contributed by atoms with Crippen LogP contribution in [0.25, 0.3) is 0 Å². The number of amides is 2. The van der Waals surface area contributed by atoms with E-state index in [2.05, 4.69) is 5.32 Å². The molecule has 1 heterocycles. The molecule has 2 aliphatic rings. The summed E-state index contributed by atoms with van der Waals surface area (Å²) in [6, 6.07) is 0.138. The number of hydrogen-bond acceptors (Lipinski definition) is 3. The molecule has 102 valence electrons. The lowest BCUT2D eigenvalue weighted by Gasteiger charge is -2.36. The predicted octanol–water partition coefficient (Wildman–Crippen LogP) is 0.242. The van der Waals surface area contributed by atoms with Crippen LogP contribution in [0.2, 0.25) is 0 Å². The van der Waals surface area contributed by atoms with Crippen molar-refractivity contribution in [3.63, 3.8) is 0 Å². The van der Waals surface area contributed by atoms with Gasteiger partial charge in [0, 0.05) is 19.0 Å². The van der Waals surface area contributed by atoms with Crippen LogP contribution in [-0.4, -0.2) is 42.4 Å². The number of carbonyl (C=O) groups is 2. The van der Waals surface area contributed by atoms with Crippen molar-refractivity contribution < 1.29 is 9.59 Å². The Hall–Kier alpha value is -1.10. The van der Waals surface area contributed by atoms with Gasteiger partial charge in [-0.25, -0.2) is 0 Å². The molecule has 5 nitrogen and oxygen atoms in total. The molecule has 1 saturated heterocycles. The fourth-order valence-corrected chi connectivity index (χ4v) is 2.75. The van der Waals surface area contributed by atoms with Crippen LogP contribution in [0.3, 0.4) is 0 Å². The molecule has 2 fully saturated rings. The second-order valence-corrected chi connectivity index (χ2v) is 5.49. The van der Waals surface area contributed by atoms with Crippen molar-refractivity contribution in [3.05, 3.63) is 0 Å². The number of rotatable bonds is 5. The molecule has 18 heavy (non-hydrogen) atoms. The molecule has 0 spiro atoms. The van der Waals surface area contributed by atoms with Crippen LogP contribution in [0.15, 0.2) is 0 Å². The minimum Gasteiger partial charge on any atom is -0.368 e. The van der Waals surface area contributed by atoms with Gasteiger partial charge in [-0.1, -0.05) is 6.42 Å². The molecule has 1 atom stereocenters. The third kappa shape index (κ3) is 3.45. The van der Waals surface area contributed by atoms with Crippen LogP contribution in [-0.2, 0) is 9.59 Å². The van der Waals surface area contributed by atoms with Gasteiger partial charge in [-0.3, -0.25) is 9.59 Å². The van der Waals surface area contributed by atoms with Crippen LogP contribution < -0.4 is 11.1 Å². The normalized spacial score (nSPS) is 24.3. The Labute approximate surface area is 108 Å². The smallest absolute Gasteiger partial charge is 0.237 e. The van der Waals surface area contributed by atoms with Gasteiger partial charge in [-0.2, -0.15) is 0 Å². The summed E-state index contributed by atoms with van der Waals surface area (Å²) in [4.78, 5) is 25.1. The van der Waals surface area contributed by atoms with E-state index in [-0.39, 0.29) is 18.5 Å². The number of nitrogens with one attached hydrogen (secondary N) is 1. The van der Waals surface area contributed by atoms with E-state index in [9.17, 15) is 9.59 Å². The van der Waals surface area contributed by atoms with Gasteiger partial charge in [0.15, 0.2) is 0 Å². The molecule has 0 bridgehead atoms. The molecule has 2 amide bonds. The Kier molecular flexibility index (Phi) is 4.58. The standard InChI is InChI=1S/C13H23N3O2/c14-12(17)9-16(11-5-2-6-15-8-11)13(18)7-10-3-1-4-10/h10-11,15H,1-9H2,(H2,14,17). The van der Waals surface area contributed by atoms with Crippen molar-refractivity contribution in [1.82, 2.24) is 10.2 Å². The quantitative estimate of drug-likeness (QED) is 0.737. The molecular formula is C13H23N3O2. The number of carbonyl (C=O) groups excluding carboxylic acids is 2. The molecule has 1 aliphatic carbocycles. The van der Waals surface area contributed by atoms with Crippen LogP contribution in [0.5, 0.6) is 0 Å². The predicted molar refractivity (Wildman–Crippen MR) is 68.8 cm³/mol. The number of nitrogens with zero attached hydrogens (tertiary/aromatic N) is 1. The summed E-state index contributed by atoms with van der Waals surface area (Å²) in [5, 5.41) is 3.28. The Balaban J connectivity index is 1.93. The van der Waals surface area contributed by atoms with Crippen LogP contribution in [0.1, 0.15) is 38.5 Å². The lowest BCUT2D eigenvalue weighted by Crippen LogP contribution is -2.51. The van der Waals surface area contributed by atoms with Gasteiger partial charge < -0.3 is 16.0 Å². The average Bonchev–Trinajstić information content (AvgIpc) is 2.31. The first-order chi connectivity index (χ1) is 8.66. The molecule has 1 saturated carbocycles. The van der Waals surface area contributed by atoms with Gasteiger partial charge in [-0.15, -0.1) is 0 Å². The molecule has 0 aromatic rings. The number of primary amides is 1. The van der Waals surface area contributed by atoms with Gasteiger partial charge in [0.25, 0.3) is 0 Å². The zero-order valence-corrected chi connectivity index (χ0v) is 10.9. The van der Waals surface area contributed by atoms with Gasteiger partial charge in [-0.05, 0) is 38.1 Å². The van der Waals surface area contributed by atoms with Crippen molar-refractivity contribution >= 4 is 11.8 Å². The highest BCUT2D eigenvalue weighted by Gasteiger charge is 2.29. The average molecular weight is 253 g/mol. The maximum atomic E-state index is 12.3. The van der Waals surface area contributed by atoms with E-state index >= 15 is 0 Å². The van der Waals surface area contributed by atoms with Gasteiger partial charge in [0.1, 0.15) is 0 Å². The molecule has 0 radical (unpaired) electrons. The van der Waals surface area contributed by atoms with Crippen molar-refractivity contribution in [3.8, 4) is 0 Å².